The number of aromatic nitrogens is 2. The fourth-order valence-corrected chi connectivity index (χ4v) is 1.13. The van der Waals surface area contributed by atoms with Gasteiger partial charge >= 0.3 is 6.18 Å². The summed E-state index contributed by atoms with van der Waals surface area (Å²) in [4.78, 5) is 6.70. The number of hydrogen-bond acceptors (Lipinski definition) is 4. The molecule has 1 aromatic heterocycles. The molecule has 0 radical (unpaired) electrons. The van der Waals surface area contributed by atoms with Gasteiger partial charge in [0.15, 0.2) is 0 Å². The molecule has 18 heavy (non-hydrogen) atoms. The van der Waals surface area contributed by atoms with Gasteiger partial charge < -0.3 is 10.1 Å². The fraction of sp³-hybridized carbons (Fsp3) is 0.455. The molecule has 0 aliphatic carbocycles. The molecule has 0 aliphatic heterocycles. The van der Waals surface area contributed by atoms with Crippen LogP contribution in [0, 0.1) is 0 Å². The van der Waals surface area contributed by atoms with E-state index in [9.17, 15) is 13.2 Å². The lowest BCUT2D eigenvalue weighted by Gasteiger charge is -2.10. The van der Waals surface area contributed by atoms with E-state index < -0.39 is 12.0 Å². The Hall–Kier alpha value is -1.79. The molecule has 0 amide bonds. The van der Waals surface area contributed by atoms with Gasteiger partial charge in [0, 0.05) is 12.6 Å². The molecule has 0 aromatic carbocycles. The molecule has 0 saturated heterocycles. The summed E-state index contributed by atoms with van der Waals surface area (Å²) < 4.78 is 42.8. The molecular weight excluding hydrogens is 247 g/mol. The van der Waals surface area contributed by atoms with E-state index in [1.54, 1.807) is 26.0 Å². The number of nitrogens with one attached hydrogen (secondary N) is 1. The summed E-state index contributed by atoms with van der Waals surface area (Å²) in [5.74, 6) is -1.22. The van der Waals surface area contributed by atoms with Crippen molar-refractivity contribution in [3.63, 3.8) is 0 Å². The van der Waals surface area contributed by atoms with Crippen LogP contribution in [0.3, 0.4) is 0 Å². The highest BCUT2D eigenvalue weighted by Crippen LogP contribution is 2.28. The second kappa shape index (κ2) is 6.23. The van der Waals surface area contributed by atoms with Gasteiger partial charge in [-0.15, -0.1) is 0 Å². The number of halogens is 3. The second-order valence-corrected chi connectivity index (χ2v) is 3.32. The molecule has 0 spiro atoms. The van der Waals surface area contributed by atoms with E-state index in [1.165, 1.54) is 6.07 Å². The van der Waals surface area contributed by atoms with Gasteiger partial charge in [0.1, 0.15) is 12.4 Å². The van der Waals surface area contributed by atoms with Gasteiger partial charge in [0.25, 0.3) is 0 Å². The van der Waals surface area contributed by atoms with E-state index in [1.807, 2.05) is 0 Å². The normalized spacial score (nSPS) is 11.8. The van der Waals surface area contributed by atoms with E-state index in [-0.39, 0.29) is 18.3 Å². The van der Waals surface area contributed by atoms with Gasteiger partial charge in [-0.25, -0.2) is 4.98 Å². The Kier molecular flexibility index (Phi) is 4.94. The van der Waals surface area contributed by atoms with E-state index in [4.69, 9.17) is 4.74 Å². The quantitative estimate of drug-likeness (QED) is 0.828. The molecule has 1 rings (SSSR count). The standard InChI is InChI=1S/C11H14F3N3O/c1-3-5-6-18-9-7-8(15-4-2)16-10(17-9)11(12,13)14/h3,5,7H,4,6H2,1-2H3,(H,15,16,17)/b5-3+. The molecular formula is C11H14F3N3O. The second-order valence-electron chi connectivity index (χ2n) is 3.32. The van der Waals surface area contributed by atoms with E-state index in [0.717, 1.165) is 0 Å². The molecule has 1 aromatic rings. The van der Waals surface area contributed by atoms with Crippen LogP contribution < -0.4 is 10.1 Å². The largest absolute Gasteiger partial charge is 0.473 e. The highest BCUT2D eigenvalue weighted by atomic mass is 19.4. The zero-order valence-corrected chi connectivity index (χ0v) is 10.1. The molecule has 7 heteroatoms. The number of alkyl halides is 3. The van der Waals surface area contributed by atoms with Crippen molar-refractivity contribution in [2.75, 3.05) is 18.5 Å². The lowest BCUT2D eigenvalue weighted by atomic mass is 10.4. The average Bonchev–Trinajstić information content (AvgIpc) is 2.28. The predicted molar refractivity (Wildman–Crippen MR) is 61.5 cm³/mol. The van der Waals surface area contributed by atoms with Crippen molar-refractivity contribution in [1.82, 2.24) is 9.97 Å². The number of nitrogens with zero attached hydrogens (tertiary/aromatic N) is 2. The number of anilines is 1. The van der Waals surface area contributed by atoms with E-state index >= 15 is 0 Å². The molecule has 1 N–H and O–H groups in total. The van der Waals surface area contributed by atoms with Crippen LogP contribution in [0.2, 0.25) is 0 Å². The molecule has 0 bridgehead atoms. The predicted octanol–water partition coefficient (Wildman–Crippen LogP) is 2.88. The Morgan fingerprint density at radius 2 is 2.11 bits per heavy atom. The molecule has 0 fully saturated rings. The van der Waals surface area contributed by atoms with Crippen molar-refractivity contribution < 1.29 is 17.9 Å². The minimum atomic E-state index is -4.59. The number of rotatable bonds is 5. The Bertz CT molecular complexity index is 418. The topological polar surface area (TPSA) is 47.0 Å². The van der Waals surface area contributed by atoms with Crippen molar-refractivity contribution in [3.8, 4) is 5.88 Å². The van der Waals surface area contributed by atoms with Crippen molar-refractivity contribution >= 4 is 5.82 Å². The van der Waals surface area contributed by atoms with Crippen LogP contribution >= 0.6 is 0 Å². The van der Waals surface area contributed by atoms with Gasteiger partial charge in [-0.1, -0.05) is 12.2 Å². The molecule has 4 nitrogen and oxygen atoms in total. The monoisotopic (exact) mass is 261 g/mol. The van der Waals surface area contributed by atoms with Gasteiger partial charge in [-0.2, -0.15) is 18.2 Å². The first-order valence-electron chi connectivity index (χ1n) is 5.41. The summed E-state index contributed by atoms with van der Waals surface area (Å²) in [7, 11) is 0. The number of hydrogen-bond donors (Lipinski definition) is 1. The molecule has 100 valence electrons. The first-order chi connectivity index (χ1) is 8.47. The zero-order chi connectivity index (χ0) is 13.6. The van der Waals surface area contributed by atoms with Crippen LogP contribution in [0.1, 0.15) is 19.7 Å². The van der Waals surface area contributed by atoms with Crippen LogP contribution in [0.25, 0.3) is 0 Å². The third-order valence-electron chi connectivity index (χ3n) is 1.88. The van der Waals surface area contributed by atoms with Crippen LogP contribution in [0.4, 0.5) is 19.0 Å². The first-order valence-corrected chi connectivity index (χ1v) is 5.41. The fourth-order valence-electron chi connectivity index (χ4n) is 1.13. The summed E-state index contributed by atoms with van der Waals surface area (Å²) in [6.45, 7) is 4.17. The zero-order valence-electron chi connectivity index (χ0n) is 10.1. The molecule has 0 saturated carbocycles. The van der Waals surface area contributed by atoms with Crippen LogP contribution in [0.5, 0.6) is 5.88 Å². The van der Waals surface area contributed by atoms with Crippen molar-refractivity contribution in [1.29, 1.82) is 0 Å². The lowest BCUT2D eigenvalue weighted by Crippen LogP contribution is -2.14. The molecule has 0 aliphatic rings. The van der Waals surface area contributed by atoms with E-state index in [0.29, 0.717) is 6.54 Å². The lowest BCUT2D eigenvalue weighted by molar-refractivity contribution is -0.145. The number of allylic oxidation sites excluding steroid dienone is 1. The smallest absolute Gasteiger partial charge is 0.451 e. The molecule has 1 heterocycles. The Labute approximate surface area is 103 Å². The summed E-state index contributed by atoms with van der Waals surface area (Å²) in [5.41, 5.74) is 0. The Morgan fingerprint density at radius 3 is 2.67 bits per heavy atom. The minimum absolute atomic E-state index is 0.0929. The summed E-state index contributed by atoms with van der Waals surface area (Å²) in [6, 6.07) is 1.34. The summed E-state index contributed by atoms with van der Waals surface area (Å²) in [5, 5.41) is 2.70. The van der Waals surface area contributed by atoms with Gasteiger partial charge in [0.05, 0.1) is 0 Å². The summed E-state index contributed by atoms with van der Waals surface area (Å²) in [6.07, 6.45) is -1.19. The average molecular weight is 261 g/mol. The summed E-state index contributed by atoms with van der Waals surface area (Å²) >= 11 is 0. The van der Waals surface area contributed by atoms with Gasteiger partial charge in [0.2, 0.25) is 11.7 Å². The minimum Gasteiger partial charge on any atom is -0.473 e. The van der Waals surface area contributed by atoms with Crippen molar-refractivity contribution in [3.05, 3.63) is 24.0 Å². The maximum Gasteiger partial charge on any atom is 0.451 e. The Balaban J connectivity index is 2.98. The highest BCUT2D eigenvalue weighted by molar-refractivity contribution is 5.38. The van der Waals surface area contributed by atoms with Crippen molar-refractivity contribution in [2.45, 2.75) is 20.0 Å². The van der Waals surface area contributed by atoms with Crippen LogP contribution in [0.15, 0.2) is 18.2 Å². The maximum absolute atomic E-state index is 12.6. The highest BCUT2D eigenvalue weighted by Gasteiger charge is 2.35. The third kappa shape index (κ3) is 4.23. The third-order valence-corrected chi connectivity index (χ3v) is 1.88. The SMILES string of the molecule is C/C=C/COc1cc(NCC)nc(C(F)(F)F)n1. The number of ether oxygens (including phenoxy) is 1. The van der Waals surface area contributed by atoms with Crippen LogP contribution in [-0.2, 0) is 6.18 Å². The van der Waals surface area contributed by atoms with E-state index in [2.05, 4.69) is 15.3 Å². The van der Waals surface area contributed by atoms with Gasteiger partial charge in [-0.3, -0.25) is 0 Å². The Morgan fingerprint density at radius 1 is 1.39 bits per heavy atom. The molecule has 0 unspecified atom stereocenters. The molecule has 0 atom stereocenters. The van der Waals surface area contributed by atoms with Crippen LogP contribution in [-0.4, -0.2) is 23.1 Å². The van der Waals surface area contributed by atoms with Crippen molar-refractivity contribution in [2.24, 2.45) is 0 Å². The van der Waals surface area contributed by atoms with Gasteiger partial charge in [-0.05, 0) is 13.8 Å². The maximum atomic E-state index is 12.6. The first kappa shape index (κ1) is 14.3.